The predicted octanol–water partition coefficient (Wildman–Crippen LogP) is 2.81. The van der Waals surface area contributed by atoms with Gasteiger partial charge in [-0.2, -0.15) is 0 Å². The molecule has 0 radical (unpaired) electrons. The van der Waals surface area contributed by atoms with E-state index in [1.165, 1.54) is 25.9 Å². The Morgan fingerprint density at radius 2 is 2.11 bits per heavy atom. The molecule has 19 heavy (non-hydrogen) atoms. The molecule has 0 unspecified atom stereocenters. The number of likely N-dealkylation sites (tertiary alicyclic amines) is 1. The van der Waals surface area contributed by atoms with Crippen LogP contribution in [-0.4, -0.2) is 36.5 Å². The van der Waals surface area contributed by atoms with Gasteiger partial charge in [-0.05, 0) is 74.0 Å². The maximum Gasteiger partial charge on any atom is 0.252 e. The number of nitrogens with one attached hydrogen (secondary N) is 1. The average molecular weight is 372 g/mol. The first-order valence-electron chi connectivity index (χ1n) is 6.87. The second-order valence-corrected chi connectivity index (χ2v) is 6.32. The molecular weight excluding hydrogens is 351 g/mol. The third-order valence-corrected chi connectivity index (χ3v) is 5.19. The Morgan fingerprint density at radius 1 is 1.42 bits per heavy atom. The molecule has 1 saturated heterocycles. The van der Waals surface area contributed by atoms with Gasteiger partial charge in [0.1, 0.15) is 0 Å². The molecule has 0 aromatic heterocycles. The van der Waals surface area contributed by atoms with Gasteiger partial charge in [0.25, 0.3) is 5.91 Å². The lowest BCUT2D eigenvalue weighted by Crippen LogP contribution is -2.40. The Hall–Kier alpha value is -0.620. The number of aryl methyl sites for hydroxylation is 1. The molecule has 1 atom stereocenters. The highest BCUT2D eigenvalue weighted by atomic mass is 127. The van der Waals surface area contributed by atoms with E-state index in [0.717, 1.165) is 21.2 Å². The van der Waals surface area contributed by atoms with Crippen molar-refractivity contribution in [2.75, 3.05) is 19.6 Å². The van der Waals surface area contributed by atoms with Crippen LogP contribution in [0.25, 0.3) is 0 Å². The van der Waals surface area contributed by atoms with E-state index in [1.807, 2.05) is 25.1 Å². The molecule has 0 spiro atoms. The van der Waals surface area contributed by atoms with Crippen LogP contribution in [0, 0.1) is 10.5 Å². The fourth-order valence-corrected chi connectivity index (χ4v) is 3.07. The number of carbonyl (C=O) groups excluding carboxylic acids is 1. The summed E-state index contributed by atoms with van der Waals surface area (Å²) < 4.78 is 1.05. The molecule has 1 aromatic rings. The number of benzene rings is 1. The molecule has 2 rings (SSSR count). The highest BCUT2D eigenvalue weighted by Gasteiger charge is 2.19. The molecule has 4 heteroatoms. The minimum atomic E-state index is 0.0409. The predicted molar refractivity (Wildman–Crippen MR) is 86.5 cm³/mol. The van der Waals surface area contributed by atoms with Crippen molar-refractivity contribution in [1.29, 1.82) is 0 Å². The number of amides is 1. The number of hydrogen-bond donors (Lipinski definition) is 1. The van der Waals surface area contributed by atoms with E-state index in [4.69, 9.17) is 0 Å². The molecule has 1 heterocycles. The molecule has 0 aliphatic carbocycles. The second-order valence-electron chi connectivity index (χ2n) is 5.24. The first-order valence-corrected chi connectivity index (χ1v) is 7.95. The van der Waals surface area contributed by atoms with Crippen LogP contribution in [0.1, 0.15) is 35.7 Å². The molecule has 0 bridgehead atoms. The minimum absolute atomic E-state index is 0.0409. The Kier molecular flexibility index (Phi) is 5.21. The van der Waals surface area contributed by atoms with Crippen LogP contribution < -0.4 is 5.32 Å². The molecule has 1 aliphatic heterocycles. The third kappa shape index (κ3) is 3.69. The molecule has 1 N–H and O–H groups in total. The van der Waals surface area contributed by atoms with Crippen LogP contribution in [0.15, 0.2) is 18.2 Å². The van der Waals surface area contributed by atoms with Crippen molar-refractivity contribution in [3.8, 4) is 0 Å². The summed E-state index contributed by atoms with van der Waals surface area (Å²) in [5.74, 6) is 0.0409. The highest BCUT2D eigenvalue weighted by molar-refractivity contribution is 14.1. The van der Waals surface area contributed by atoms with Crippen LogP contribution in [0.5, 0.6) is 0 Å². The van der Waals surface area contributed by atoms with Gasteiger partial charge < -0.3 is 5.32 Å². The zero-order valence-electron chi connectivity index (χ0n) is 11.6. The van der Waals surface area contributed by atoms with Crippen LogP contribution in [-0.2, 0) is 0 Å². The summed E-state index contributed by atoms with van der Waals surface area (Å²) in [6.45, 7) is 7.28. The topological polar surface area (TPSA) is 32.3 Å². The molecule has 1 amide bonds. The summed E-state index contributed by atoms with van der Waals surface area (Å²) in [4.78, 5) is 14.6. The summed E-state index contributed by atoms with van der Waals surface area (Å²) in [5.41, 5.74) is 1.94. The summed E-state index contributed by atoms with van der Waals surface area (Å²) in [7, 11) is 0. The van der Waals surface area contributed by atoms with E-state index in [2.05, 4.69) is 39.7 Å². The lowest BCUT2D eigenvalue weighted by atomic mass is 10.1. The smallest absolute Gasteiger partial charge is 0.252 e. The molecule has 1 fully saturated rings. The lowest BCUT2D eigenvalue weighted by Gasteiger charge is -2.24. The maximum absolute atomic E-state index is 12.2. The zero-order chi connectivity index (χ0) is 13.8. The summed E-state index contributed by atoms with van der Waals surface area (Å²) >= 11 is 2.24. The largest absolute Gasteiger partial charge is 0.350 e. The van der Waals surface area contributed by atoms with Gasteiger partial charge in [-0.3, -0.25) is 9.69 Å². The van der Waals surface area contributed by atoms with E-state index in [-0.39, 0.29) is 5.91 Å². The quantitative estimate of drug-likeness (QED) is 0.825. The molecule has 1 aliphatic rings. The van der Waals surface area contributed by atoms with Crippen molar-refractivity contribution in [1.82, 2.24) is 10.2 Å². The van der Waals surface area contributed by atoms with Gasteiger partial charge in [0.15, 0.2) is 0 Å². The van der Waals surface area contributed by atoms with Crippen molar-refractivity contribution in [3.05, 3.63) is 32.9 Å². The van der Waals surface area contributed by atoms with Gasteiger partial charge >= 0.3 is 0 Å². The highest BCUT2D eigenvalue weighted by Crippen LogP contribution is 2.16. The number of hydrogen-bond acceptors (Lipinski definition) is 2. The normalized spacial score (nSPS) is 17.4. The average Bonchev–Trinajstić information content (AvgIpc) is 2.93. The Balaban J connectivity index is 1.92. The van der Waals surface area contributed by atoms with Crippen LogP contribution >= 0.6 is 22.6 Å². The first-order chi connectivity index (χ1) is 9.09. The van der Waals surface area contributed by atoms with E-state index >= 15 is 0 Å². The number of halogens is 1. The molecule has 0 saturated carbocycles. The fourth-order valence-electron chi connectivity index (χ4n) is 2.47. The van der Waals surface area contributed by atoms with Crippen LogP contribution in [0.4, 0.5) is 0 Å². The molecular formula is C15H21IN2O. The van der Waals surface area contributed by atoms with Gasteiger partial charge in [0, 0.05) is 16.2 Å². The van der Waals surface area contributed by atoms with Gasteiger partial charge in [-0.1, -0.05) is 12.1 Å². The molecule has 1 aromatic carbocycles. The Morgan fingerprint density at radius 3 is 2.79 bits per heavy atom. The van der Waals surface area contributed by atoms with Crippen molar-refractivity contribution in [2.24, 2.45) is 0 Å². The van der Waals surface area contributed by atoms with Crippen molar-refractivity contribution in [2.45, 2.75) is 32.7 Å². The van der Waals surface area contributed by atoms with E-state index < -0.39 is 0 Å². The summed E-state index contributed by atoms with van der Waals surface area (Å²) in [6.07, 6.45) is 2.57. The number of nitrogens with zero attached hydrogens (tertiary/aromatic N) is 1. The Bertz CT molecular complexity index is 455. The van der Waals surface area contributed by atoms with Gasteiger partial charge in [0.2, 0.25) is 0 Å². The lowest BCUT2D eigenvalue weighted by molar-refractivity contribution is 0.0939. The molecule has 104 valence electrons. The van der Waals surface area contributed by atoms with E-state index in [0.29, 0.717) is 6.04 Å². The second kappa shape index (κ2) is 6.70. The Labute approximate surface area is 128 Å². The zero-order valence-corrected chi connectivity index (χ0v) is 13.7. The maximum atomic E-state index is 12.2. The van der Waals surface area contributed by atoms with Gasteiger partial charge in [-0.25, -0.2) is 0 Å². The third-order valence-electron chi connectivity index (χ3n) is 3.76. The minimum Gasteiger partial charge on any atom is -0.350 e. The van der Waals surface area contributed by atoms with Gasteiger partial charge in [0.05, 0.1) is 5.56 Å². The monoisotopic (exact) mass is 372 g/mol. The standard InChI is InChI=1S/C15H21IN2O/c1-11-6-5-7-13(14(11)16)15(19)17-10-12(2)18-8-3-4-9-18/h5-7,12H,3-4,8-10H2,1-2H3,(H,17,19)/t12-/m0/s1. The number of carbonyl (C=O) groups is 1. The molecule has 3 nitrogen and oxygen atoms in total. The van der Waals surface area contributed by atoms with Crippen LogP contribution in [0.3, 0.4) is 0 Å². The van der Waals surface area contributed by atoms with Gasteiger partial charge in [-0.15, -0.1) is 0 Å². The van der Waals surface area contributed by atoms with E-state index in [1.54, 1.807) is 0 Å². The first kappa shape index (κ1) is 14.8. The van der Waals surface area contributed by atoms with Crippen molar-refractivity contribution >= 4 is 28.5 Å². The van der Waals surface area contributed by atoms with Crippen LogP contribution in [0.2, 0.25) is 0 Å². The van der Waals surface area contributed by atoms with Crippen molar-refractivity contribution < 1.29 is 4.79 Å². The summed E-state index contributed by atoms with van der Waals surface area (Å²) in [6, 6.07) is 6.29. The van der Waals surface area contributed by atoms with E-state index in [9.17, 15) is 4.79 Å². The fraction of sp³-hybridized carbons (Fsp3) is 0.533. The SMILES string of the molecule is Cc1cccc(C(=O)NC[C@H](C)N2CCCC2)c1I. The summed E-state index contributed by atoms with van der Waals surface area (Å²) in [5, 5.41) is 3.06. The number of rotatable bonds is 4. The van der Waals surface area contributed by atoms with Crippen molar-refractivity contribution in [3.63, 3.8) is 0 Å².